The Morgan fingerprint density at radius 2 is 1.68 bits per heavy atom. The van der Waals surface area contributed by atoms with Gasteiger partial charge in [-0.15, -0.1) is 0 Å². The van der Waals surface area contributed by atoms with Gasteiger partial charge in [0.15, 0.2) is 0 Å². The number of rotatable bonds is 5. The molecule has 0 bridgehead atoms. The van der Waals surface area contributed by atoms with Gasteiger partial charge in [-0.2, -0.15) is 5.10 Å². The number of hydrogen-bond donors (Lipinski definition) is 2. The van der Waals surface area contributed by atoms with Gasteiger partial charge in [-0.05, 0) is 48.0 Å². The van der Waals surface area contributed by atoms with E-state index in [1.165, 1.54) is 30.5 Å². The third-order valence-electron chi connectivity index (χ3n) is 3.75. The molecular formula is C21H15ClFN3O2. The van der Waals surface area contributed by atoms with Gasteiger partial charge in [-0.3, -0.25) is 9.59 Å². The molecule has 5 nitrogen and oxygen atoms in total. The largest absolute Gasteiger partial charge is 0.322 e. The molecule has 0 aromatic heterocycles. The van der Waals surface area contributed by atoms with Crippen LogP contribution >= 0.6 is 11.6 Å². The highest BCUT2D eigenvalue weighted by molar-refractivity contribution is 6.30. The molecule has 3 aromatic carbocycles. The standard InChI is InChI=1S/C21H15ClFN3O2/c22-16-10-8-14(9-11-16)13-24-26-20(27)15-4-3-5-17(12-15)25-21(28)18-6-1-2-7-19(18)23/h1-13H,(H,25,28)(H,26,27)/b24-13+. The molecule has 2 N–H and O–H groups in total. The van der Waals surface area contributed by atoms with E-state index in [1.807, 2.05) is 0 Å². The van der Waals surface area contributed by atoms with E-state index in [1.54, 1.807) is 48.5 Å². The molecule has 0 aliphatic rings. The molecule has 7 heteroatoms. The Hall–Kier alpha value is -3.51. The summed E-state index contributed by atoms with van der Waals surface area (Å²) in [6.45, 7) is 0. The van der Waals surface area contributed by atoms with Crippen LogP contribution in [0, 0.1) is 5.82 Å². The molecule has 2 amide bonds. The summed E-state index contributed by atoms with van der Waals surface area (Å²) >= 11 is 5.81. The van der Waals surface area contributed by atoms with Crippen LogP contribution < -0.4 is 10.7 Å². The Bertz CT molecular complexity index is 1040. The minimum absolute atomic E-state index is 0.0788. The van der Waals surface area contributed by atoms with Crippen LogP contribution in [0.15, 0.2) is 77.9 Å². The number of amides is 2. The fraction of sp³-hybridized carbons (Fsp3) is 0. The van der Waals surface area contributed by atoms with E-state index >= 15 is 0 Å². The first kappa shape index (κ1) is 19.3. The van der Waals surface area contributed by atoms with Crippen molar-refractivity contribution in [2.75, 3.05) is 5.32 Å². The normalized spacial score (nSPS) is 10.6. The van der Waals surface area contributed by atoms with Crippen LogP contribution in [-0.2, 0) is 0 Å². The second-order valence-electron chi connectivity index (χ2n) is 5.77. The molecule has 0 heterocycles. The summed E-state index contributed by atoms with van der Waals surface area (Å²) in [5, 5.41) is 7.07. The Kier molecular flexibility index (Phi) is 6.14. The number of nitrogens with one attached hydrogen (secondary N) is 2. The summed E-state index contributed by atoms with van der Waals surface area (Å²) in [4.78, 5) is 24.4. The van der Waals surface area contributed by atoms with Crippen LogP contribution in [0.1, 0.15) is 26.3 Å². The third-order valence-corrected chi connectivity index (χ3v) is 4.00. The van der Waals surface area contributed by atoms with Crippen LogP contribution in [0.3, 0.4) is 0 Å². The second-order valence-corrected chi connectivity index (χ2v) is 6.20. The number of hydrazone groups is 1. The van der Waals surface area contributed by atoms with Crippen LogP contribution in [0.5, 0.6) is 0 Å². The predicted octanol–water partition coefficient (Wildman–Crippen LogP) is 4.50. The SMILES string of the molecule is O=C(N/N=C/c1ccc(Cl)cc1)c1cccc(NC(=O)c2ccccc2F)c1. The summed E-state index contributed by atoms with van der Waals surface area (Å²) in [6.07, 6.45) is 1.48. The lowest BCUT2D eigenvalue weighted by Crippen LogP contribution is -2.18. The monoisotopic (exact) mass is 395 g/mol. The molecule has 28 heavy (non-hydrogen) atoms. The van der Waals surface area contributed by atoms with E-state index in [9.17, 15) is 14.0 Å². The molecule has 0 saturated heterocycles. The lowest BCUT2D eigenvalue weighted by molar-refractivity contribution is 0.0953. The van der Waals surface area contributed by atoms with Crippen molar-refractivity contribution in [3.8, 4) is 0 Å². The van der Waals surface area contributed by atoms with Crippen LogP contribution in [0.4, 0.5) is 10.1 Å². The zero-order valence-corrected chi connectivity index (χ0v) is 15.3. The molecule has 140 valence electrons. The molecule has 0 unspecified atom stereocenters. The van der Waals surface area contributed by atoms with Crippen molar-refractivity contribution in [1.29, 1.82) is 0 Å². The molecule has 3 aromatic rings. The molecule has 0 aliphatic carbocycles. The fourth-order valence-electron chi connectivity index (χ4n) is 2.36. The maximum Gasteiger partial charge on any atom is 0.271 e. The van der Waals surface area contributed by atoms with Gasteiger partial charge >= 0.3 is 0 Å². The van der Waals surface area contributed by atoms with Gasteiger partial charge in [-0.1, -0.05) is 41.9 Å². The smallest absolute Gasteiger partial charge is 0.271 e. The molecule has 3 rings (SSSR count). The first-order chi connectivity index (χ1) is 13.5. The molecule has 0 spiro atoms. The van der Waals surface area contributed by atoms with Gasteiger partial charge in [0, 0.05) is 16.3 Å². The number of carbonyl (C=O) groups excluding carboxylic acids is 2. The van der Waals surface area contributed by atoms with Crippen LogP contribution in [-0.4, -0.2) is 18.0 Å². The highest BCUT2D eigenvalue weighted by atomic mass is 35.5. The molecule has 0 fully saturated rings. The number of anilines is 1. The van der Waals surface area contributed by atoms with E-state index in [0.717, 1.165) is 5.56 Å². The lowest BCUT2D eigenvalue weighted by atomic mass is 10.1. The Balaban J connectivity index is 1.65. The van der Waals surface area contributed by atoms with Crippen molar-refractivity contribution in [2.45, 2.75) is 0 Å². The van der Waals surface area contributed by atoms with E-state index in [2.05, 4.69) is 15.8 Å². The highest BCUT2D eigenvalue weighted by Crippen LogP contribution is 2.14. The zero-order valence-electron chi connectivity index (χ0n) is 14.5. The molecule has 0 aliphatic heterocycles. The molecule has 0 radical (unpaired) electrons. The Morgan fingerprint density at radius 1 is 0.929 bits per heavy atom. The fourth-order valence-corrected chi connectivity index (χ4v) is 2.49. The Labute approximate surface area is 165 Å². The minimum Gasteiger partial charge on any atom is -0.322 e. The predicted molar refractivity (Wildman–Crippen MR) is 107 cm³/mol. The second kappa shape index (κ2) is 8.92. The van der Waals surface area contributed by atoms with E-state index in [-0.39, 0.29) is 5.56 Å². The topological polar surface area (TPSA) is 70.6 Å². The van der Waals surface area contributed by atoms with Crippen molar-refractivity contribution >= 4 is 35.3 Å². The number of benzene rings is 3. The van der Waals surface area contributed by atoms with Crippen molar-refractivity contribution in [3.05, 3.63) is 100 Å². The summed E-state index contributed by atoms with van der Waals surface area (Å²) in [7, 11) is 0. The highest BCUT2D eigenvalue weighted by Gasteiger charge is 2.12. The van der Waals surface area contributed by atoms with Gasteiger partial charge < -0.3 is 5.32 Å². The first-order valence-corrected chi connectivity index (χ1v) is 8.65. The van der Waals surface area contributed by atoms with Crippen molar-refractivity contribution in [3.63, 3.8) is 0 Å². The molecule has 0 atom stereocenters. The number of halogens is 2. The quantitative estimate of drug-likeness (QED) is 0.493. The average molecular weight is 396 g/mol. The average Bonchev–Trinajstić information content (AvgIpc) is 2.70. The summed E-state index contributed by atoms with van der Waals surface area (Å²) in [5.74, 6) is -1.67. The molecule has 0 saturated carbocycles. The summed E-state index contributed by atoms with van der Waals surface area (Å²) < 4.78 is 13.7. The van der Waals surface area contributed by atoms with E-state index < -0.39 is 17.6 Å². The van der Waals surface area contributed by atoms with Crippen molar-refractivity contribution in [2.24, 2.45) is 5.10 Å². The maximum atomic E-state index is 13.7. The van der Waals surface area contributed by atoms with Gasteiger partial charge in [0.25, 0.3) is 11.8 Å². The first-order valence-electron chi connectivity index (χ1n) is 8.28. The van der Waals surface area contributed by atoms with Crippen LogP contribution in [0.2, 0.25) is 5.02 Å². The zero-order chi connectivity index (χ0) is 19.9. The van der Waals surface area contributed by atoms with Crippen molar-refractivity contribution < 1.29 is 14.0 Å². The minimum atomic E-state index is -0.620. The van der Waals surface area contributed by atoms with Gasteiger partial charge in [0.2, 0.25) is 0 Å². The van der Waals surface area contributed by atoms with Gasteiger partial charge in [0.05, 0.1) is 11.8 Å². The lowest BCUT2D eigenvalue weighted by Gasteiger charge is -2.07. The van der Waals surface area contributed by atoms with Crippen molar-refractivity contribution in [1.82, 2.24) is 5.43 Å². The van der Waals surface area contributed by atoms with E-state index in [4.69, 9.17) is 11.6 Å². The number of hydrogen-bond acceptors (Lipinski definition) is 3. The molecular weight excluding hydrogens is 381 g/mol. The van der Waals surface area contributed by atoms with E-state index in [0.29, 0.717) is 16.3 Å². The number of nitrogens with zero attached hydrogens (tertiary/aromatic N) is 1. The van der Waals surface area contributed by atoms with Crippen LogP contribution in [0.25, 0.3) is 0 Å². The number of carbonyl (C=O) groups is 2. The van der Waals surface area contributed by atoms with Gasteiger partial charge in [-0.25, -0.2) is 9.82 Å². The third kappa shape index (κ3) is 5.02. The summed E-state index contributed by atoms with van der Waals surface area (Å²) in [5.41, 5.74) is 3.76. The Morgan fingerprint density at radius 3 is 2.43 bits per heavy atom. The summed E-state index contributed by atoms with van der Waals surface area (Å²) in [6, 6.07) is 18.9. The maximum absolute atomic E-state index is 13.7. The van der Waals surface area contributed by atoms with Gasteiger partial charge in [0.1, 0.15) is 5.82 Å².